The van der Waals surface area contributed by atoms with Gasteiger partial charge < -0.3 is 8.99 Å². The van der Waals surface area contributed by atoms with Crippen LogP contribution in [0.2, 0.25) is 18.1 Å². The number of ketones is 1. The van der Waals surface area contributed by atoms with Gasteiger partial charge in [0.15, 0.2) is 14.1 Å². The molecule has 2 rings (SSSR count). The zero-order valence-electron chi connectivity index (χ0n) is 15.5. The zero-order chi connectivity index (χ0) is 17.4. The highest BCUT2D eigenvalue weighted by molar-refractivity contribution is 6.74. The zero-order valence-corrected chi connectivity index (χ0v) is 16.5. The predicted molar refractivity (Wildman–Crippen MR) is 99.5 cm³/mol. The average molecular weight is 332 g/mol. The van der Waals surface area contributed by atoms with Crippen LogP contribution in [-0.4, -0.2) is 18.7 Å². The number of hydrogen-bond acceptors (Lipinski definition) is 2. The fraction of sp³-hybridized carbons (Fsp3) is 0.526. The predicted octanol–water partition coefficient (Wildman–Crippen LogP) is 5.29. The number of nitrogens with zero attached hydrogens (tertiary/aromatic N) is 1. The summed E-state index contributed by atoms with van der Waals surface area (Å²) < 4.78 is 8.51. The monoisotopic (exact) mass is 331 g/mol. The van der Waals surface area contributed by atoms with Gasteiger partial charge in [-0.2, -0.15) is 0 Å². The largest absolute Gasteiger partial charge is 0.411 e. The molecule has 0 aliphatic rings. The first-order valence-electron chi connectivity index (χ1n) is 8.32. The van der Waals surface area contributed by atoms with Crippen molar-refractivity contribution >= 4 is 25.0 Å². The molecule has 0 atom stereocenters. The van der Waals surface area contributed by atoms with E-state index >= 15 is 0 Å². The summed E-state index contributed by atoms with van der Waals surface area (Å²) in [6.07, 6.45) is 0.541. The van der Waals surface area contributed by atoms with Gasteiger partial charge in [-0.25, -0.2) is 0 Å². The van der Waals surface area contributed by atoms with Gasteiger partial charge >= 0.3 is 0 Å². The first-order chi connectivity index (χ1) is 10.6. The SMILES string of the molecule is CCC(=O)c1ccc2c(c1)cc(CO[Si](C)(C)C(C)(C)C)n2C. The van der Waals surface area contributed by atoms with Crippen molar-refractivity contribution in [3.63, 3.8) is 0 Å². The Labute approximate surface area is 140 Å². The molecule has 0 spiro atoms. The van der Waals surface area contributed by atoms with Gasteiger partial charge in [-0.3, -0.25) is 4.79 Å². The van der Waals surface area contributed by atoms with E-state index in [0.29, 0.717) is 13.0 Å². The maximum atomic E-state index is 11.9. The van der Waals surface area contributed by atoms with Crippen molar-refractivity contribution < 1.29 is 9.22 Å². The molecule has 0 aliphatic heterocycles. The van der Waals surface area contributed by atoms with Crippen molar-refractivity contribution in [2.45, 2.75) is 58.9 Å². The van der Waals surface area contributed by atoms with Crippen LogP contribution in [0.3, 0.4) is 0 Å². The molecule has 23 heavy (non-hydrogen) atoms. The molecule has 0 radical (unpaired) electrons. The van der Waals surface area contributed by atoms with Crippen molar-refractivity contribution in [3.05, 3.63) is 35.5 Å². The second kappa shape index (κ2) is 6.25. The van der Waals surface area contributed by atoms with Crippen LogP contribution in [0.15, 0.2) is 24.3 Å². The highest BCUT2D eigenvalue weighted by Crippen LogP contribution is 2.37. The summed E-state index contributed by atoms with van der Waals surface area (Å²) in [5.74, 6) is 0.190. The molecule has 0 saturated carbocycles. The fourth-order valence-electron chi connectivity index (χ4n) is 2.39. The Hall–Kier alpha value is -1.39. The molecule has 0 unspecified atom stereocenters. The van der Waals surface area contributed by atoms with E-state index in [-0.39, 0.29) is 10.8 Å². The molecule has 0 amide bonds. The number of hydrogen-bond donors (Lipinski definition) is 0. The van der Waals surface area contributed by atoms with Crippen LogP contribution in [0.1, 0.15) is 50.2 Å². The van der Waals surface area contributed by atoms with E-state index in [1.807, 2.05) is 25.1 Å². The number of aryl methyl sites for hydroxylation is 1. The summed E-state index contributed by atoms with van der Waals surface area (Å²) in [6.45, 7) is 13.8. The topological polar surface area (TPSA) is 31.2 Å². The summed E-state index contributed by atoms with van der Waals surface area (Å²) in [4.78, 5) is 11.9. The number of carbonyl (C=O) groups excluding carboxylic acids is 1. The van der Waals surface area contributed by atoms with E-state index in [9.17, 15) is 4.79 Å². The molecule has 1 heterocycles. The molecule has 2 aromatic rings. The number of aromatic nitrogens is 1. The van der Waals surface area contributed by atoms with Gasteiger partial charge in [-0.05, 0) is 42.4 Å². The lowest BCUT2D eigenvalue weighted by Crippen LogP contribution is -2.40. The second-order valence-corrected chi connectivity index (χ2v) is 12.6. The summed E-state index contributed by atoms with van der Waals surface area (Å²) in [5, 5.41) is 1.32. The molecule has 0 bridgehead atoms. The van der Waals surface area contributed by atoms with Crippen molar-refractivity contribution in [3.8, 4) is 0 Å². The van der Waals surface area contributed by atoms with E-state index in [4.69, 9.17) is 4.43 Å². The van der Waals surface area contributed by atoms with Gasteiger partial charge in [-0.15, -0.1) is 0 Å². The third-order valence-electron chi connectivity index (χ3n) is 5.17. The lowest BCUT2D eigenvalue weighted by Gasteiger charge is -2.36. The van der Waals surface area contributed by atoms with Crippen molar-refractivity contribution in [2.75, 3.05) is 0 Å². The lowest BCUT2D eigenvalue weighted by molar-refractivity contribution is 0.0988. The maximum Gasteiger partial charge on any atom is 0.192 e. The fourth-order valence-corrected chi connectivity index (χ4v) is 3.34. The first kappa shape index (κ1) is 18.0. The quantitative estimate of drug-likeness (QED) is 0.550. The van der Waals surface area contributed by atoms with Gasteiger partial charge in [-0.1, -0.05) is 27.7 Å². The van der Waals surface area contributed by atoms with Gasteiger partial charge in [0, 0.05) is 35.6 Å². The third-order valence-corrected chi connectivity index (χ3v) is 9.65. The van der Waals surface area contributed by atoms with E-state index in [0.717, 1.165) is 22.2 Å². The number of rotatable bonds is 5. The van der Waals surface area contributed by atoms with E-state index in [1.54, 1.807) is 0 Å². The Kier molecular flexibility index (Phi) is 4.88. The van der Waals surface area contributed by atoms with Crippen molar-refractivity contribution in [1.29, 1.82) is 0 Å². The summed E-state index contributed by atoms with van der Waals surface area (Å²) in [5.41, 5.74) is 3.10. The summed E-state index contributed by atoms with van der Waals surface area (Å²) >= 11 is 0. The van der Waals surface area contributed by atoms with Crippen LogP contribution < -0.4 is 0 Å². The highest BCUT2D eigenvalue weighted by Gasteiger charge is 2.37. The van der Waals surface area contributed by atoms with Gasteiger partial charge in [0.2, 0.25) is 0 Å². The third kappa shape index (κ3) is 3.59. The average Bonchev–Trinajstić information content (AvgIpc) is 2.79. The Balaban J connectivity index is 2.29. The molecule has 4 heteroatoms. The van der Waals surface area contributed by atoms with E-state index in [1.165, 1.54) is 0 Å². The molecule has 0 aliphatic carbocycles. The minimum Gasteiger partial charge on any atom is -0.411 e. The van der Waals surface area contributed by atoms with Crippen molar-refractivity contribution in [1.82, 2.24) is 4.57 Å². The molecular weight excluding hydrogens is 302 g/mol. The Morgan fingerprint density at radius 1 is 1.22 bits per heavy atom. The Bertz CT molecular complexity index is 723. The Morgan fingerprint density at radius 2 is 1.87 bits per heavy atom. The molecule has 1 aromatic carbocycles. The number of Topliss-reactive ketones (excluding diaryl/α,β-unsaturated/α-hetero) is 1. The summed E-state index contributed by atoms with van der Waals surface area (Å²) in [7, 11) is 0.302. The molecule has 0 N–H and O–H groups in total. The number of fused-ring (bicyclic) bond motifs is 1. The molecular formula is C19H29NO2Si. The van der Waals surface area contributed by atoms with Gasteiger partial charge in [0.25, 0.3) is 0 Å². The maximum absolute atomic E-state index is 11.9. The van der Waals surface area contributed by atoms with Crippen molar-refractivity contribution in [2.24, 2.45) is 7.05 Å². The van der Waals surface area contributed by atoms with Crippen LogP contribution in [-0.2, 0) is 18.1 Å². The van der Waals surface area contributed by atoms with Crippen LogP contribution in [0.4, 0.5) is 0 Å². The molecule has 3 nitrogen and oxygen atoms in total. The van der Waals surface area contributed by atoms with Gasteiger partial charge in [0.05, 0.1) is 6.61 Å². The minimum absolute atomic E-state index is 0.190. The normalized spacial score (nSPS) is 12.8. The Morgan fingerprint density at radius 3 is 2.43 bits per heavy atom. The standard InChI is InChI=1S/C19H29NO2Si/c1-8-18(21)14-9-10-17-15(11-14)12-16(20(17)5)13-22-23(6,7)19(2,3)4/h9-12H,8,13H2,1-7H3. The molecule has 0 fully saturated rings. The van der Waals surface area contributed by atoms with Crippen LogP contribution in [0.5, 0.6) is 0 Å². The second-order valence-electron chi connectivity index (χ2n) is 7.79. The highest BCUT2D eigenvalue weighted by atomic mass is 28.4. The van der Waals surface area contributed by atoms with Gasteiger partial charge in [0.1, 0.15) is 0 Å². The van der Waals surface area contributed by atoms with Crippen LogP contribution >= 0.6 is 0 Å². The van der Waals surface area contributed by atoms with Crippen LogP contribution in [0, 0.1) is 0 Å². The summed E-state index contributed by atoms with van der Waals surface area (Å²) in [6, 6.07) is 8.10. The number of benzene rings is 1. The minimum atomic E-state index is -1.76. The van der Waals surface area contributed by atoms with Crippen LogP contribution in [0.25, 0.3) is 10.9 Å². The smallest absolute Gasteiger partial charge is 0.192 e. The molecule has 0 saturated heterocycles. The molecule has 126 valence electrons. The molecule has 1 aromatic heterocycles. The van der Waals surface area contributed by atoms with E-state index in [2.05, 4.69) is 51.5 Å². The lowest BCUT2D eigenvalue weighted by atomic mass is 10.1. The number of carbonyl (C=O) groups is 1. The van der Waals surface area contributed by atoms with E-state index < -0.39 is 8.32 Å². The first-order valence-corrected chi connectivity index (χ1v) is 11.2.